The molecule has 0 saturated heterocycles. The molecule has 26 heavy (non-hydrogen) atoms. The van der Waals surface area contributed by atoms with Gasteiger partial charge < -0.3 is 16.4 Å². The molecule has 0 radical (unpaired) electrons. The standard InChI is InChI=1S/C19H22FN3O2.ClH/c20-16-9-4-8-15(13-16)18(24)22-10-5-11-23-19(25)17(21)12-14-6-2-1-3-7-14;/h1-4,6-9,13,17H,5,10-12,21H2,(H,22,24)(H,23,25);1H/t17-;/m0./s1. The van der Waals surface area contributed by atoms with Gasteiger partial charge >= 0.3 is 0 Å². The maximum absolute atomic E-state index is 13.1. The Morgan fingerprint density at radius 3 is 2.38 bits per heavy atom. The SMILES string of the molecule is Cl.N[C@@H](Cc1ccccc1)C(=O)NCCCNC(=O)c1cccc(F)c1. The van der Waals surface area contributed by atoms with E-state index in [0.29, 0.717) is 25.9 Å². The number of carbonyl (C=O) groups excluding carboxylic acids is 2. The first-order valence-electron chi connectivity index (χ1n) is 8.17. The van der Waals surface area contributed by atoms with E-state index in [1.807, 2.05) is 30.3 Å². The molecule has 0 aliphatic carbocycles. The van der Waals surface area contributed by atoms with E-state index in [-0.39, 0.29) is 29.8 Å². The number of hydrogen-bond acceptors (Lipinski definition) is 3. The number of benzene rings is 2. The molecule has 0 heterocycles. The van der Waals surface area contributed by atoms with Gasteiger partial charge in [-0.15, -0.1) is 12.4 Å². The molecule has 0 bridgehead atoms. The van der Waals surface area contributed by atoms with Crippen molar-refractivity contribution in [1.29, 1.82) is 0 Å². The number of rotatable bonds is 8. The highest BCUT2D eigenvalue weighted by atomic mass is 35.5. The van der Waals surface area contributed by atoms with Crippen molar-refractivity contribution in [2.75, 3.05) is 13.1 Å². The molecule has 1 atom stereocenters. The number of amides is 2. The van der Waals surface area contributed by atoms with E-state index in [9.17, 15) is 14.0 Å². The quantitative estimate of drug-likeness (QED) is 0.614. The fraction of sp³-hybridized carbons (Fsp3) is 0.263. The third kappa shape index (κ3) is 7.21. The second-order valence-corrected chi connectivity index (χ2v) is 5.71. The molecule has 0 aromatic heterocycles. The highest BCUT2D eigenvalue weighted by Crippen LogP contribution is 2.03. The summed E-state index contributed by atoms with van der Waals surface area (Å²) in [6, 6.07) is 14.5. The number of nitrogens with two attached hydrogens (primary N) is 1. The lowest BCUT2D eigenvalue weighted by molar-refractivity contribution is -0.122. The maximum Gasteiger partial charge on any atom is 0.251 e. The van der Waals surface area contributed by atoms with E-state index in [2.05, 4.69) is 10.6 Å². The smallest absolute Gasteiger partial charge is 0.251 e. The van der Waals surface area contributed by atoms with Gasteiger partial charge in [-0.25, -0.2) is 4.39 Å². The second kappa shape index (κ2) is 11.2. The van der Waals surface area contributed by atoms with Gasteiger partial charge in [0.15, 0.2) is 0 Å². The lowest BCUT2D eigenvalue weighted by atomic mass is 10.1. The fourth-order valence-corrected chi connectivity index (χ4v) is 2.33. The Bertz CT molecular complexity index is 713. The van der Waals surface area contributed by atoms with Gasteiger partial charge in [0, 0.05) is 18.7 Å². The van der Waals surface area contributed by atoms with E-state index in [1.165, 1.54) is 18.2 Å². The number of halogens is 2. The maximum atomic E-state index is 13.1. The normalized spacial score (nSPS) is 11.2. The van der Waals surface area contributed by atoms with Crippen LogP contribution in [0.3, 0.4) is 0 Å². The van der Waals surface area contributed by atoms with Crippen LogP contribution in [-0.2, 0) is 11.2 Å². The van der Waals surface area contributed by atoms with Crippen LogP contribution in [0.4, 0.5) is 4.39 Å². The Hall–Kier alpha value is -2.44. The summed E-state index contributed by atoms with van der Waals surface area (Å²) in [7, 11) is 0. The van der Waals surface area contributed by atoms with Crippen molar-refractivity contribution >= 4 is 24.2 Å². The molecule has 0 unspecified atom stereocenters. The van der Waals surface area contributed by atoms with E-state index in [0.717, 1.165) is 5.56 Å². The summed E-state index contributed by atoms with van der Waals surface area (Å²) in [5.41, 5.74) is 7.16. The number of nitrogens with one attached hydrogen (secondary N) is 2. The van der Waals surface area contributed by atoms with Crippen LogP contribution < -0.4 is 16.4 Å². The fourth-order valence-electron chi connectivity index (χ4n) is 2.33. The summed E-state index contributed by atoms with van der Waals surface area (Å²) in [4.78, 5) is 23.8. The Kier molecular flexibility index (Phi) is 9.33. The Balaban J connectivity index is 0.00000338. The zero-order chi connectivity index (χ0) is 18.1. The van der Waals surface area contributed by atoms with Gasteiger partial charge in [-0.2, -0.15) is 0 Å². The molecular formula is C19H23ClFN3O2. The van der Waals surface area contributed by atoms with Crippen LogP contribution in [0.15, 0.2) is 54.6 Å². The summed E-state index contributed by atoms with van der Waals surface area (Å²) >= 11 is 0. The largest absolute Gasteiger partial charge is 0.355 e. The lowest BCUT2D eigenvalue weighted by Crippen LogP contribution is -2.42. The van der Waals surface area contributed by atoms with Crippen LogP contribution >= 0.6 is 12.4 Å². The third-order valence-corrected chi connectivity index (χ3v) is 3.66. The molecule has 0 spiro atoms. The van der Waals surface area contributed by atoms with Crippen molar-refractivity contribution in [3.8, 4) is 0 Å². The van der Waals surface area contributed by atoms with Gasteiger partial charge in [0.25, 0.3) is 5.91 Å². The minimum Gasteiger partial charge on any atom is -0.355 e. The van der Waals surface area contributed by atoms with Crippen LogP contribution in [0.5, 0.6) is 0 Å². The van der Waals surface area contributed by atoms with E-state index in [4.69, 9.17) is 5.73 Å². The van der Waals surface area contributed by atoms with E-state index in [1.54, 1.807) is 6.07 Å². The molecule has 2 amide bonds. The zero-order valence-electron chi connectivity index (χ0n) is 14.3. The molecule has 5 nitrogen and oxygen atoms in total. The molecular weight excluding hydrogens is 357 g/mol. The first-order chi connectivity index (χ1) is 12.1. The molecule has 4 N–H and O–H groups in total. The van der Waals surface area contributed by atoms with E-state index < -0.39 is 11.9 Å². The average Bonchev–Trinajstić information content (AvgIpc) is 2.62. The summed E-state index contributed by atoms with van der Waals surface area (Å²) in [5.74, 6) is -1.01. The first kappa shape index (κ1) is 21.6. The topological polar surface area (TPSA) is 84.2 Å². The molecule has 140 valence electrons. The monoisotopic (exact) mass is 379 g/mol. The van der Waals surface area contributed by atoms with Gasteiger partial charge in [-0.3, -0.25) is 9.59 Å². The molecule has 2 rings (SSSR count). The minimum atomic E-state index is -0.607. The second-order valence-electron chi connectivity index (χ2n) is 5.71. The molecule has 0 aliphatic heterocycles. The van der Waals surface area contributed by atoms with Crippen molar-refractivity contribution < 1.29 is 14.0 Å². The van der Waals surface area contributed by atoms with Crippen molar-refractivity contribution in [3.63, 3.8) is 0 Å². The summed E-state index contributed by atoms with van der Waals surface area (Å²) in [6.45, 7) is 0.786. The minimum absolute atomic E-state index is 0. The van der Waals surface area contributed by atoms with Gasteiger partial charge in [0.2, 0.25) is 5.91 Å². The number of hydrogen-bond donors (Lipinski definition) is 3. The summed E-state index contributed by atoms with van der Waals surface area (Å²) in [6.07, 6.45) is 1.04. The highest BCUT2D eigenvalue weighted by molar-refractivity contribution is 5.94. The van der Waals surface area contributed by atoms with Crippen molar-refractivity contribution in [2.45, 2.75) is 18.9 Å². The van der Waals surface area contributed by atoms with Crippen LogP contribution in [0.2, 0.25) is 0 Å². The van der Waals surface area contributed by atoms with Gasteiger partial charge in [0.1, 0.15) is 5.82 Å². The molecule has 0 aliphatic rings. The van der Waals surface area contributed by atoms with Crippen LogP contribution in [0.25, 0.3) is 0 Å². The Morgan fingerprint density at radius 1 is 1.00 bits per heavy atom. The molecule has 7 heteroatoms. The van der Waals surface area contributed by atoms with Gasteiger partial charge in [-0.05, 0) is 36.6 Å². The van der Waals surface area contributed by atoms with Crippen LogP contribution in [-0.4, -0.2) is 30.9 Å². The average molecular weight is 380 g/mol. The number of carbonyl (C=O) groups is 2. The van der Waals surface area contributed by atoms with Crippen molar-refractivity contribution in [3.05, 3.63) is 71.5 Å². The molecule has 2 aromatic carbocycles. The zero-order valence-corrected chi connectivity index (χ0v) is 15.1. The Morgan fingerprint density at radius 2 is 1.69 bits per heavy atom. The Labute approximate surface area is 158 Å². The summed E-state index contributed by atoms with van der Waals surface area (Å²) < 4.78 is 13.1. The summed E-state index contributed by atoms with van der Waals surface area (Å²) in [5, 5.41) is 5.43. The van der Waals surface area contributed by atoms with Gasteiger partial charge in [0.05, 0.1) is 6.04 Å². The highest BCUT2D eigenvalue weighted by Gasteiger charge is 2.13. The predicted octanol–water partition coefficient (Wildman–Crippen LogP) is 2.05. The van der Waals surface area contributed by atoms with Crippen LogP contribution in [0, 0.1) is 5.82 Å². The van der Waals surface area contributed by atoms with Crippen molar-refractivity contribution in [1.82, 2.24) is 10.6 Å². The van der Waals surface area contributed by atoms with Crippen molar-refractivity contribution in [2.24, 2.45) is 5.73 Å². The third-order valence-electron chi connectivity index (χ3n) is 3.66. The molecule has 0 saturated carbocycles. The van der Waals surface area contributed by atoms with Gasteiger partial charge in [-0.1, -0.05) is 36.4 Å². The van der Waals surface area contributed by atoms with Crippen LogP contribution in [0.1, 0.15) is 22.3 Å². The molecule has 0 fully saturated rings. The van der Waals surface area contributed by atoms with E-state index >= 15 is 0 Å². The first-order valence-corrected chi connectivity index (χ1v) is 8.17. The predicted molar refractivity (Wildman–Crippen MR) is 102 cm³/mol. The lowest BCUT2D eigenvalue weighted by Gasteiger charge is -2.12. The molecule has 2 aromatic rings.